The molecule has 4 aromatic rings. The molecule has 0 spiro atoms. The van der Waals surface area contributed by atoms with Crippen molar-refractivity contribution < 1.29 is 9.59 Å². The average molecular weight is 514 g/mol. The van der Waals surface area contributed by atoms with Crippen LogP contribution in [0.4, 0.5) is 5.69 Å². The molecular formula is C29H31N5O2S. The molecule has 0 aliphatic carbocycles. The van der Waals surface area contributed by atoms with Crippen LogP contribution < -0.4 is 10.6 Å². The van der Waals surface area contributed by atoms with Gasteiger partial charge in [-0.05, 0) is 41.7 Å². The zero-order chi connectivity index (χ0) is 26.2. The second kappa shape index (κ2) is 12.4. The Morgan fingerprint density at radius 3 is 2.24 bits per heavy atom. The molecule has 3 aromatic carbocycles. The smallest absolute Gasteiger partial charge is 0.230 e. The van der Waals surface area contributed by atoms with Crippen molar-refractivity contribution in [2.75, 3.05) is 11.1 Å². The molecule has 0 unspecified atom stereocenters. The molecule has 0 bridgehead atoms. The summed E-state index contributed by atoms with van der Waals surface area (Å²) in [5.74, 6) is 0.876. The van der Waals surface area contributed by atoms with E-state index < -0.39 is 0 Å². The summed E-state index contributed by atoms with van der Waals surface area (Å²) >= 11 is 1.38. The maximum Gasteiger partial charge on any atom is 0.230 e. The van der Waals surface area contributed by atoms with E-state index in [0.29, 0.717) is 24.7 Å². The number of benzene rings is 3. The van der Waals surface area contributed by atoms with E-state index in [0.717, 1.165) is 39.3 Å². The van der Waals surface area contributed by atoms with Crippen LogP contribution in [-0.2, 0) is 29.1 Å². The van der Waals surface area contributed by atoms with Crippen LogP contribution in [0.15, 0.2) is 78.0 Å². The van der Waals surface area contributed by atoms with Gasteiger partial charge in [-0.1, -0.05) is 84.6 Å². The third-order valence-electron chi connectivity index (χ3n) is 6.08. The molecule has 0 saturated heterocycles. The van der Waals surface area contributed by atoms with Gasteiger partial charge in [0.15, 0.2) is 5.16 Å². The lowest BCUT2D eigenvalue weighted by Crippen LogP contribution is -2.25. The van der Waals surface area contributed by atoms with Gasteiger partial charge in [0.05, 0.1) is 12.3 Å². The van der Waals surface area contributed by atoms with Crippen LogP contribution in [0.3, 0.4) is 0 Å². The molecule has 0 radical (unpaired) electrons. The number of hydrogen-bond donors (Lipinski definition) is 2. The fraction of sp³-hybridized carbons (Fsp3) is 0.241. The second-order valence-corrected chi connectivity index (χ2v) is 9.86. The van der Waals surface area contributed by atoms with Gasteiger partial charge in [0.2, 0.25) is 11.8 Å². The zero-order valence-corrected chi connectivity index (χ0v) is 22.1. The Balaban J connectivity index is 1.43. The summed E-state index contributed by atoms with van der Waals surface area (Å²) in [4.78, 5) is 24.3. The lowest BCUT2D eigenvalue weighted by atomic mass is 10.0. The van der Waals surface area contributed by atoms with Crippen LogP contribution in [0.5, 0.6) is 0 Å². The highest BCUT2D eigenvalue weighted by atomic mass is 32.2. The van der Waals surface area contributed by atoms with Gasteiger partial charge in [-0.3, -0.25) is 9.59 Å². The van der Waals surface area contributed by atoms with Crippen LogP contribution in [0.1, 0.15) is 40.6 Å². The Bertz CT molecular complexity index is 1370. The number of amides is 2. The molecule has 0 saturated carbocycles. The second-order valence-electron chi connectivity index (χ2n) is 8.92. The molecule has 1 heterocycles. The van der Waals surface area contributed by atoms with Crippen LogP contribution in [0, 0.1) is 13.8 Å². The van der Waals surface area contributed by atoms with E-state index in [9.17, 15) is 9.59 Å². The van der Waals surface area contributed by atoms with Crippen LogP contribution in [0.25, 0.3) is 0 Å². The van der Waals surface area contributed by atoms with Gasteiger partial charge in [0.25, 0.3) is 0 Å². The summed E-state index contributed by atoms with van der Waals surface area (Å²) < 4.78 is 2.09. The Kier molecular flexibility index (Phi) is 8.74. The fourth-order valence-electron chi connectivity index (χ4n) is 4.08. The number of aryl methyl sites for hydroxylation is 1. The van der Waals surface area contributed by atoms with E-state index >= 15 is 0 Å². The van der Waals surface area contributed by atoms with Gasteiger partial charge >= 0.3 is 0 Å². The molecule has 0 aliphatic heterocycles. The Morgan fingerprint density at radius 2 is 1.57 bits per heavy atom. The van der Waals surface area contributed by atoms with Gasteiger partial charge < -0.3 is 15.2 Å². The SMILES string of the molecule is CC(=O)Nc1c(C)ccc(CNC(=O)CSc2nnc(Cc3ccccc3)n2Cc2ccccc2)c1C. The fourth-order valence-corrected chi connectivity index (χ4v) is 4.87. The van der Waals surface area contributed by atoms with Crippen molar-refractivity contribution in [1.82, 2.24) is 20.1 Å². The highest BCUT2D eigenvalue weighted by Crippen LogP contribution is 2.24. The van der Waals surface area contributed by atoms with Crippen molar-refractivity contribution in [2.45, 2.75) is 45.4 Å². The predicted molar refractivity (Wildman–Crippen MR) is 148 cm³/mol. The van der Waals surface area contributed by atoms with Crippen LogP contribution >= 0.6 is 11.8 Å². The number of nitrogens with one attached hydrogen (secondary N) is 2. The Labute approximate surface area is 221 Å². The summed E-state index contributed by atoms with van der Waals surface area (Å²) in [6.07, 6.45) is 0.663. The molecule has 1 aromatic heterocycles. The molecule has 37 heavy (non-hydrogen) atoms. The summed E-state index contributed by atoms with van der Waals surface area (Å²) in [6.45, 7) is 6.42. The minimum atomic E-state index is -0.116. The molecule has 7 nitrogen and oxygen atoms in total. The number of nitrogens with zero attached hydrogens (tertiary/aromatic N) is 3. The van der Waals surface area contributed by atoms with E-state index in [-0.39, 0.29) is 17.6 Å². The number of thioether (sulfide) groups is 1. The normalized spacial score (nSPS) is 10.8. The standard InChI is InChI=1S/C29H31N5O2S/c1-20-14-15-25(21(2)28(20)31-22(3)35)17-30-27(36)19-37-29-33-32-26(16-23-10-6-4-7-11-23)34(29)18-24-12-8-5-9-13-24/h4-15H,16-19H2,1-3H3,(H,30,36)(H,31,35). The van der Waals surface area contributed by atoms with E-state index in [2.05, 4.69) is 49.7 Å². The van der Waals surface area contributed by atoms with E-state index in [4.69, 9.17) is 0 Å². The van der Waals surface area contributed by atoms with E-state index in [1.54, 1.807) is 0 Å². The molecule has 0 fully saturated rings. The lowest BCUT2D eigenvalue weighted by Gasteiger charge is -2.15. The van der Waals surface area contributed by atoms with Gasteiger partial charge in [-0.2, -0.15) is 0 Å². The third kappa shape index (κ3) is 7.07. The molecule has 2 N–H and O–H groups in total. The number of carbonyl (C=O) groups is 2. The quantitative estimate of drug-likeness (QED) is 0.295. The Morgan fingerprint density at radius 1 is 0.892 bits per heavy atom. The summed E-state index contributed by atoms with van der Waals surface area (Å²) in [5, 5.41) is 15.5. The van der Waals surface area contributed by atoms with E-state index in [1.165, 1.54) is 18.7 Å². The first kappa shape index (κ1) is 26.2. The van der Waals surface area contributed by atoms with Crippen molar-refractivity contribution in [2.24, 2.45) is 0 Å². The van der Waals surface area contributed by atoms with Gasteiger partial charge in [-0.25, -0.2) is 0 Å². The maximum atomic E-state index is 12.7. The van der Waals surface area contributed by atoms with Crippen molar-refractivity contribution >= 4 is 29.3 Å². The average Bonchev–Trinajstić information content (AvgIpc) is 3.26. The number of anilines is 1. The molecular weight excluding hydrogens is 482 g/mol. The van der Waals surface area contributed by atoms with Gasteiger partial charge in [0.1, 0.15) is 5.82 Å². The van der Waals surface area contributed by atoms with Gasteiger partial charge in [-0.15, -0.1) is 10.2 Å². The zero-order valence-electron chi connectivity index (χ0n) is 21.3. The monoisotopic (exact) mass is 513 g/mol. The van der Waals surface area contributed by atoms with Crippen molar-refractivity contribution in [1.29, 1.82) is 0 Å². The topological polar surface area (TPSA) is 88.9 Å². The number of rotatable bonds is 10. The Hall–Kier alpha value is -3.91. The predicted octanol–water partition coefficient (Wildman–Crippen LogP) is 4.90. The first-order chi connectivity index (χ1) is 17.9. The molecule has 2 amide bonds. The van der Waals surface area contributed by atoms with Gasteiger partial charge in [0, 0.05) is 25.6 Å². The van der Waals surface area contributed by atoms with Crippen LogP contribution in [-0.4, -0.2) is 32.3 Å². The number of carbonyl (C=O) groups excluding carboxylic acids is 2. The van der Waals surface area contributed by atoms with Crippen LogP contribution in [0.2, 0.25) is 0 Å². The maximum absolute atomic E-state index is 12.7. The summed E-state index contributed by atoms with van der Waals surface area (Å²) in [7, 11) is 0. The van der Waals surface area contributed by atoms with Crippen molar-refractivity contribution in [3.63, 3.8) is 0 Å². The summed E-state index contributed by atoms with van der Waals surface area (Å²) in [6, 6.07) is 24.3. The first-order valence-electron chi connectivity index (χ1n) is 12.2. The van der Waals surface area contributed by atoms with Crippen molar-refractivity contribution in [3.05, 3.63) is 106 Å². The minimum Gasteiger partial charge on any atom is -0.351 e. The lowest BCUT2D eigenvalue weighted by molar-refractivity contribution is -0.118. The molecule has 0 aliphatic rings. The third-order valence-corrected chi connectivity index (χ3v) is 7.04. The highest BCUT2D eigenvalue weighted by Gasteiger charge is 2.16. The minimum absolute atomic E-state index is 0.0927. The molecule has 0 atom stereocenters. The number of hydrogen-bond acceptors (Lipinski definition) is 5. The molecule has 4 rings (SSSR count). The molecule has 8 heteroatoms. The largest absolute Gasteiger partial charge is 0.351 e. The van der Waals surface area contributed by atoms with E-state index in [1.807, 2.05) is 62.4 Å². The number of aromatic nitrogens is 3. The highest BCUT2D eigenvalue weighted by molar-refractivity contribution is 7.99. The first-order valence-corrected chi connectivity index (χ1v) is 13.2. The molecule has 190 valence electrons. The van der Waals surface area contributed by atoms with Crippen molar-refractivity contribution in [3.8, 4) is 0 Å². The summed E-state index contributed by atoms with van der Waals surface area (Å²) in [5.41, 5.74) is 6.01.